The van der Waals surface area contributed by atoms with Gasteiger partial charge < -0.3 is 14.6 Å². The van der Waals surface area contributed by atoms with Crippen molar-refractivity contribution in [1.82, 2.24) is 14.7 Å². The Balaban J connectivity index is 1.63. The van der Waals surface area contributed by atoms with Crippen molar-refractivity contribution in [3.05, 3.63) is 71.0 Å². The van der Waals surface area contributed by atoms with Gasteiger partial charge in [0.1, 0.15) is 0 Å². The second kappa shape index (κ2) is 8.27. The molecule has 29 heavy (non-hydrogen) atoms. The van der Waals surface area contributed by atoms with Gasteiger partial charge in [0.25, 0.3) is 0 Å². The second-order valence-electron chi connectivity index (χ2n) is 7.75. The van der Waals surface area contributed by atoms with Crippen molar-refractivity contribution < 1.29 is 14.6 Å². The summed E-state index contributed by atoms with van der Waals surface area (Å²) in [6.07, 6.45) is 3.34. The highest BCUT2D eigenvalue weighted by Gasteiger charge is 2.18. The van der Waals surface area contributed by atoms with Crippen molar-refractivity contribution >= 4 is 0 Å². The van der Waals surface area contributed by atoms with Crippen molar-refractivity contribution in [2.24, 2.45) is 0 Å². The fourth-order valence-electron chi connectivity index (χ4n) is 3.99. The summed E-state index contributed by atoms with van der Waals surface area (Å²) in [7, 11) is 0. The summed E-state index contributed by atoms with van der Waals surface area (Å²) in [6.45, 7) is 8.29. The lowest BCUT2D eigenvalue weighted by Crippen LogP contribution is -2.30. The van der Waals surface area contributed by atoms with E-state index in [4.69, 9.17) is 9.47 Å². The lowest BCUT2D eigenvalue weighted by atomic mass is 10.0. The van der Waals surface area contributed by atoms with Crippen LogP contribution in [0.15, 0.2) is 48.8 Å². The number of nitrogens with zero attached hydrogens (tertiary/aromatic N) is 3. The molecule has 1 atom stereocenters. The van der Waals surface area contributed by atoms with Crippen LogP contribution < -0.4 is 9.47 Å². The zero-order valence-corrected chi connectivity index (χ0v) is 17.1. The second-order valence-corrected chi connectivity index (χ2v) is 7.75. The van der Waals surface area contributed by atoms with E-state index >= 15 is 0 Å². The first-order chi connectivity index (χ1) is 14.0. The molecule has 1 aliphatic rings. The standard InChI is InChI=1S/C23H27N3O3/c1-16-9-17(2)23(26-8-4-7-24-26)20(10-16)14-25(12-18(3)27)13-19-5-6-21-22(11-19)29-15-28-21/h4-11,18,27H,12-15H2,1-3H3. The number of aliphatic hydroxyl groups excluding tert-OH is 1. The lowest BCUT2D eigenvalue weighted by molar-refractivity contribution is 0.118. The van der Waals surface area contributed by atoms with Crippen LogP contribution in [0.4, 0.5) is 0 Å². The molecule has 0 amide bonds. The Hall–Kier alpha value is -2.83. The maximum atomic E-state index is 10.1. The van der Waals surface area contributed by atoms with E-state index in [9.17, 15) is 5.11 Å². The van der Waals surface area contributed by atoms with Crippen LogP contribution in [0.1, 0.15) is 29.2 Å². The van der Waals surface area contributed by atoms with Crippen LogP contribution in [0.5, 0.6) is 11.5 Å². The normalized spacial score (nSPS) is 13.8. The Morgan fingerprint density at radius 2 is 1.97 bits per heavy atom. The predicted octanol–water partition coefficient (Wildman–Crippen LogP) is 3.60. The summed E-state index contributed by atoms with van der Waals surface area (Å²) >= 11 is 0. The van der Waals surface area contributed by atoms with Crippen molar-refractivity contribution in [2.45, 2.75) is 40.0 Å². The molecule has 1 aliphatic heterocycles. The smallest absolute Gasteiger partial charge is 0.231 e. The van der Waals surface area contributed by atoms with E-state index in [0.717, 1.165) is 22.7 Å². The lowest BCUT2D eigenvalue weighted by Gasteiger charge is -2.26. The summed E-state index contributed by atoms with van der Waals surface area (Å²) in [5.74, 6) is 1.56. The monoisotopic (exact) mass is 393 g/mol. The minimum Gasteiger partial charge on any atom is -0.454 e. The molecule has 0 spiro atoms. The van der Waals surface area contributed by atoms with Crippen LogP contribution in [0.2, 0.25) is 0 Å². The number of aliphatic hydroxyl groups is 1. The molecule has 4 rings (SSSR count). The number of aromatic nitrogens is 2. The van der Waals surface area contributed by atoms with E-state index in [-0.39, 0.29) is 6.79 Å². The average molecular weight is 393 g/mol. The van der Waals surface area contributed by atoms with Crippen LogP contribution in [0.25, 0.3) is 5.69 Å². The van der Waals surface area contributed by atoms with Gasteiger partial charge in [-0.2, -0.15) is 5.10 Å². The van der Waals surface area contributed by atoms with Crippen molar-refractivity contribution in [1.29, 1.82) is 0 Å². The molecule has 1 N–H and O–H groups in total. The number of hydrogen-bond donors (Lipinski definition) is 1. The molecule has 6 heteroatoms. The molecule has 3 aromatic rings. The van der Waals surface area contributed by atoms with Crippen molar-refractivity contribution in [2.75, 3.05) is 13.3 Å². The first-order valence-electron chi connectivity index (χ1n) is 9.88. The molecule has 2 aromatic carbocycles. The van der Waals surface area contributed by atoms with Crippen molar-refractivity contribution in [3.8, 4) is 17.2 Å². The number of hydrogen-bond acceptors (Lipinski definition) is 5. The van der Waals surface area contributed by atoms with Crippen LogP contribution in [-0.4, -0.2) is 39.2 Å². The third-order valence-electron chi connectivity index (χ3n) is 5.02. The minimum absolute atomic E-state index is 0.270. The van der Waals surface area contributed by atoms with Gasteiger partial charge in [-0.05, 0) is 55.7 Å². The van der Waals surface area contributed by atoms with E-state index in [1.807, 2.05) is 36.0 Å². The molecule has 1 unspecified atom stereocenters. The topological polar surface area (TPSA) is 59.8 Å². The van der Waals surface area contributed by atoms with E-state index in [1.54, 1.807) is 6.20 Å². The minimum atomic E-state index is -0.428. The number of benzene rings is 2. The van der Waals surface area contributed by atoms with Gasteiger partial charge in [0, 0.05) is 32.0 Å². The number of ether oxygens (including phenoxy) is 2. The zero-order valence-electron chi connectivity index (χ0n) is 17.1. The Morgan fingerprint density at radius 1 is 1.14 bits per heavy atom. The summed E-state index contributed by atoms with van der Waals surface area (Å²) < 4.78 is 12.9. The van der Waals surface area contributed by atoms with Crippen LogP contribution in [0.3, 0.4) is 0 Å². The highest BCUT2D eigenvalue weighted by atomic mass is 16.7. The molecule has 0 radical (unpaired) electrons. The third-order valence-corrected chi connectivity index (χ3v) is 5.02. The largest absolute Gasteiger partial charge is 0.454 e. The van der Waals surface area contributed by atoms with Gasteiger partial charge in [-0.1, -0.05) is 23.8 Å². The van der Waals surface area contributed by atoms with E-state index in [2.05, 4.69) is 42.0 Å². The molecule has 2 heterocycles. The SMILES string of the molecule is Cc1cc(C)c(-n2cccn2)c(CN(Cc2ccc3c(c2)OCO3)CC(C)O)c1. The van der Waals surface area contributed by atoms with Crippen molar-refractivity contribution in [3.63, 3.8) is 0 Å². The van der Waals surface area contributed by atoms with Gasteiger partial charge in [-0.25, -0.2) is 4.68 Å². The number of fused-ring (bicyclic) bond motifs is 1. The summed E-state index contributed by atoms with van der Waals surface area (Å²) in [5.41, 5.74) is 5.81. The maximum absolute atomic E-state index is 10.1. The first-order valence-corrected chi connectivity index (χ1v) is 9.88. The molecule has 0 saturated heterocycles. The third kappa shape index (κ3) is 4.44. The molecule has 6 nitrogen and oxygen atoms in total. The van der Waals surface area contributed by atoms with Gasteiger partial charge in [0.2, 0.25) is 6.79 Å². The summed E-state index contributed by atoms with van der Waals surface area (Å²) in [5, 5.41) is 14.5. The van der Waals surface area contributed by atoms with Gasteiger partial charge >= 0.3 is 0 Å². The fraction of sp³-hybridized carbons (Fsp3) is 0.348. The van der Waals surface area contributed by atoms with Gasteiger partial charge in [-0.15, -0.1) is 0 Å². The summed E-state index contributed by atoms with van der Waals surface area (Å²) in [6, 6.07) is 12.3. The van der Waals surface area contributed by atoms with Gasteiger partial charge in [0.05, 0.1) is 11.8 Å². The van der Waals surface area contributed by atoms with E-state index < -0.39 is 6.10 Å². The number of aryl methyl sites for hydroxylation is 2. The maximum Gasteiger partial charge on any atom is 0.231 e. The zero-order chi connectivity index (χ0) is 20.4. The Morgan fingerprint density at radius 3 is 2.72 bits per heavy atom. The quantitative estimate of drug-likeness (QED) is 0.665. The van der Waals surface area contributed by atoms with Gasteiger partial charge in [0.15, 0.2) is 11.5 Å². The molecule has 152 valence electrons. The van der Waals surface area contributed by atoms with E-state index in [0.29, 0.717) is 19.6 Å². The van der Waals surface area contributed by atoms with Crippen LogP contribution >= 0.6 is 0 Å². The van der Waals surface area contributed by atoms with E-state index in [1.165, 1.54) is 16.7 Å². The van der Waals surface area contributed by atoms with Crippen LogP contribution in [0, 0.1) is 13.8 Å². The first kappa shape index (κ1) is 19.5. The molecular formula is C23H27N3O3. The molecule has 1 aromatic heterocycles. The van der Waals surface area contributed by atoms with Crippen LogP contribution in [-0.2, 0) is 13.1 Å². The Kier molecular flexibility index (Phi) is 5.56. The Bertz CT molecular complexity index is 983. The van der Waals surface area contributed by atoms with Gasteiger partial charge in [-0.3, -0.25) is 4.90 Å². The average Bonchev–Trinajstić information content (AvgIpc) is 3.31. The molecule has 0 fully saturated rings. The molecule has 0 aliphatic carbocycles. The highest BCUT2D eigenvalue weighted by molar-refractivity contribution is 5.49. The predicted molar refractivity (Wildman–Crippen MR) is 111 cm³/mol. The number of rotatable bonds is 7. The molecular weight excluding hydrogens is 366 g/mol. The molecule has 0 saturated carbocycles. The Labute approximate surface area is 171 Å². The fourth-order valence-corrected chi connectivity index (χ4v) is 3.99. The molecule has 0 bridgehead atoms. The highest BCUT2D eigenvalue weighted by Crippen LogP contribution is 2.33. The summed E-state index contributed by atoms with van der Waals surface area (Å²) in [4.78, 5) is 2.25.